The number of carbonyl (C=O) groups is 1. The van der Waals surface area contributed by atoms with Crippen molar-refractivity contribution in [2.24, 2.45) is 0 Å². The number of nitrogens with one attached hydrogen (secondary N) is 1. The van der Waals surface area contributed by atoms with Gasteiger partial charge in [0.25, 0.3) is 0 Å². The van der Waals surface area contributed by atoms with Gasteiger partial charge in [-0.25, -0.2) is 0 Å². The third kappa shape index (κ3) is 4.57. The van der Waals surface area contributed by atoms with Gasteiger partial charge >= 0.3 is 0 Å². The minimum atomic E-state index is -0.0102. The van der Waals surface area contributed by atoms with Crippen molar-refractivity contribution in [1.82, 2.24) is 0 Å². The Morgan fingerprint density at radius 1 is 1.29 bits per heavy atom. The molecule has 1 rings (SSSR count). The van der Waals surface area contributed by atoms with Crippen LogP contribution in [0.25, 0.3) is 0 Å². The Labute approximate surface area is 112 Å². The Hall–Kier alpha value is -0.730. The number of carbonyl (C=O) groups excluding carboxylic acids is 1. The fourth-order valence-electron chi connectivity index (χ4n) is 1.66. The molecule has 0 spiro atoms. The minimum absolute atomic E-state index is 0.0102. The van der Waals surface area contributed by atoms with Gasteiger partial charge in [0.15, 0.2) is 0 Å². The number of amides is 1. The first-order valence-corrected chi connectivity index (χ1v) is 6.58. The van der Waals surface area contributed by atoms with E-state index >= 15 is 0 Å². The number of aryl methyl sites for hydroxylation is 2. The van der Waals surface area contributed by atoms with Gasteiger partial charge in [-0.15, -0.1) is 11.6 Å². The molecule has 0 radical (unpaired) electrons. The molecule has 0 aliphatic rings. The number of benzene rings is 1. The molecule has 0 atom stereocenters. The van der Waals surface area contributed by atoms with Gasteiger partial charge in [0.1, 0.15) is 0 Å². The smallest absolute Gasteiger partial charge is 0.224 e. The maximum Gasteiger partial charge on any atom is 0.224 e. The molecule has 0 saturated carbocycles. The molecule has 0 aliphatic heterocycles. The van der Waals surface area contributed by atoms with Crippen LogP contribution >= 0.6 is 23.2 Å². The maximum absolute atomic E-state index is 11.7. The van der Waals surface area contributed by atoms with Crippen molar-refractivity contribution in [3.8, 4) is 0 Å². The third-order valence-electron chi connectivity index (χ3n) is 2.48. The highest BCUT2D eigenvalue weighted by atomic mass is 35.5. The van der Waals surface area contributed by atoms with E-state index < -0.39 is 0 Å². The summed E-state index contributed by atoms with van der Waals surface area (Å²) < 4.78 is 0. The van der Waals surface area contributed by atoms with Crippen LogP contribution in [0.4, 0.5) is 5.69 Å². The van der Waals surface area contributed by atoms with Crippen LogP contribution in [0, 0.1) is 13.8 Å². The molecule has 0 saturated heterocycles. The standard InChI is InChI=1S/C13H17Cl2NO/c1-9-7-10(2)13(11(15)8-9)16-12(17)5-3-4-6-14/h7-8H,3-6H2,1-2H3,(H,16,17). The van der Waals surface area contributed by atoms with Crippen LogP contribution in [0.3, 0.4) is 0 Å². The topological polar surface area (TPSA) is 29.1 Å². The van der Waals surface area contributed by atoms with E-state index in [4.69, 9.17) is 23.2 Å². The van der Waals surface area contributed by atoms with Crippen molar-refractivity contribution in [3.63, 3.8) is 0 Å². The second-order valence-electron chi connectivity index (χ2n) is 4.13. The van der Waals surface area contributed by atoms with E-state index in [1.54, 1.807) is 0 Å². The van der Waals surface area contributed by atoms with Crippen LogP contribution in [0.15, 0.2) is 12.1 Å². The van der Waals surface area contributed by atoms with Crippen molar-refractivity contribution in [2.75, 3.05) is 11.2 Å². The molecule has 1 aromatic carbocycles. The molecular formula is C13H17Cl2NO. The summed E-state index contributed by atoms with van der Waals surface area (Å²) in [5.41, 5.74) is 2.79. The number of alkyl halides is 1. The van der Waals surface area contributed by atoms with Gasteiger partial charge in [-0.2, -0.15) is 0 Å². The van der Waals surface area contributed by atoms with Crippen molar-refractivity contribution < 1.29 is 4.79 Å². The van der Waals surface area contributed by atoms with E-state index in [0.717, 1.165) is 24.0 Å². The Kier molecular flexibility index (Phi) is 5.79. The highest BCUT2D eigenvalue weighted by Crippen LogP contribution is 2.27. The summed E-state index contributed by atoms with van der Waals surface area (Å²) in [6.45, 7) is 3.91. The molecule has 0 aromatic heterocycles. The highest BCUT2D eigenvalue weighted by Gasteiger charge is 2.09. The van der Waals surface area contributed by atoms with Gasteiger partial charge in [0.05, 0.1) is 10.7 Å². The number of anilines is 1. The zero-order valence-corrected chi connectivity index (χ0v) is 11.7. The fraction of sp³-hybridized carbons (Fsp3) is 0.462. The molecule has 0 aliphatic carbocycles. The second kappa shape index (κ2) is 6.87. The van der Waals surface area contributed by atoms with Crippen LogP contribution in [-0.4, -0.2) is 11.8 Å². The summed E-state index contributed by atoms with van der Waals surface area (Å²) in [4.78, 5) is 11.7. The average Bonchev–Trinajstić information content (AvgIpc) is 2.24. The van der Waals surface area contributed by atoms with E-state index in [1.165, 1.54) is 0 Å². The molecule has 0 fully saturated rings. The van der Waals surface area contributed by atoms with Gasteiger partial charge in [-0.05, 0) is 43.9 Å². The van der Waals surface area contributed by atoms with Gasteiger partial charge in [-0.3, -0.25) is 4.79 Å². The first-order chi connectivity index (χ1) is 8.04. The molecule has 17 heavy (non-hydrogen) atoms. The summed E-state index contributed by atoms with van der Waals surface area (Å²) in [6.07, 6.45) is 2.14. The molecular weight excluding hydrogens is 257 g/mol. The maximum atomic E-state index is 11.7. The Bertz CT molecular complexity index is 381. The molecule has 2 nitrogen and oxygen atoms in total. The molecule has 0 heterocycles. The largest absolute Gasteiger partial charge is 0.325 e. The van der Waals surface area contributed by atoms with Crippen LogP contribution in [0.2, 0.25) is 5.02 Å². The first-order valence-electron chi connectivity index (χ1n) is 5.67. The monoisotopic (exact) mass is 273 g/mol. The third-order valence-corrected chi connectivity index (χ3v) is 3.05. The number of rotatable bonds is 5. The number of hydrogen-bond acceptors (Lipinski definition) is 1. The Balaban J connectivity index is 2.65. The van der Waals surface area contributed by atoms with E-state index in [9.17, 15) is 4.79 Å². The Morgan fingerprint density at radius 3 is 2.59 bits per heavy atom. The first kappa shape index (κ1) is 14.3. The highest BCUT2D eigenvalue weighted by molar-refractivity contribution is 6.34. The predicted octanol–water partition coefficient (Wildman–Crippen LogP) is 4.30. The summed E-state index contributed by atoms with van der Waals surface area (Å²) in [5, 5.41) is 3.44. The van der Waals surface area contributed by atoms with E-state index in [0.29, 0.717) is 23.0 Å². The van der Waals surface area contributed by atoms with Gasteiger partial charge < -0.3 is 5.32 Å². The van der Waals surface area contributed by atoms with Crippen molar-refractivity contribution in [1.29, 1.82) is 0 Å². The quantitative estimate of drug-likeness (QED) is 0.629. The SMILES string of the molecule is Cc1cc(C)c(NC(=O)CCCCCl)c(Cl)c1. The summed E-state index contributed by atoms with van der Waals surface area (Å²) in [7, 11) is 0. The van der Waals surface area contributed by atoms with Crippen LogP contribution in [0.1, 0.15) is 30.4 Å². The zero-order chi connectivity index (χ0) is 12.8. The van der Waals surface area contributed by atoms with Crippen molar-refractivity contribution in [2.45, 2.75) is 33.1 Å². The van der Waals surface area contributed by atoms with Crippen molar-refractivity contribution >= 4 is 34.8 Å². The average molecular weight is 274 g/mol. The number of hydrogen-bond donors (Lipinski definition) is 1. The van der Waals surface area contributed by atoms with Gasteiger partial charge in [0.2, 0.25) is 5.91 Å². The predicted molar refractivity (Wildman–Crippen MR) is 74.1 cm³/mol. The molecule has 0 bridgehead atoms. The number of halogens is 2. The fourth-order valence-corrected chi connectivity index (χ4v) is 2.21. The lowest BCUT2D eigenvalue weighted by molar-refractivity contribution is -0.116. The lowest BCUT2D eigenvalue weighted by Crippen LogP contribution is -2.12. The minimum Gasteiger partial charge on any atom is -0.325 e. The Morgan fingerprint density at radius 2 is 2.00 bits per heavy atom. The van der Waals surface area contributed by atoms with Crippen LogP contribution in [-0.2, 0) is 4.79 Å². The lowest BCUT2D eigenvalue weighted by atomic mass is 10.1. The molecule has 4 heteroatoms. The normalized spacial score (nSPS) is 10.4. The molecule has 0 unspecified atom stereocenters. The second-order valence-corrected chi connectivity index (χ2v) is 4.92. The van der Waals surface area contributed by atoms with E-state index in [-0.39, 0.29) is 5.91 Å². The zero-order valence-electron chi connectivity index (χ0n) is 10.1. The van der Waals surface area contributed by atoms with Crippen molar-refractivity contribution in [3.05, 3.63) is 28.3 Å². The van der Waals surface area contributed by atoms with Crippen LogP contribution in [0.5, 0.6) is 0 Å². The van der Waals surface area contributed by atoms with Crippen LogP contribution < -0.4 is 5.32 Å². The summed E-state index contributed by atoms with van der Waals surface area (Å²) in [5.74, 6) is 0.585. The van der Waals surface area contributed by atoms with Gasteiger partial charge in [0, 0.05) is 12.3 Å². The summed E-state index contributed by atoms with van der Waals surface area (Å²) >= 11 is 11.7. The molecule has 1 aromatic rings. The molecule has 1 amide bonds. The molecule has 94 valence electrons. The lowest BCUT2D eigenvalue weighted by Gasteiger charge is -2.11. The van der Waals surface area contributed by atoms with Gasteiger partial charge in [-0.1, -0.05) is 17.7 Å². The van der Waals surface area contributed by atoms with E-state index in [1.807, 2.05) is 26.0 Å². The summed E-state index contributed by atoms with van der Waals surface area (Å²) in [6, 6.07) is 3.85. The van der Waals surface area contributed by atoms with E-state index in [2.05, 4.69) is 5.32 Å². The molecule has 1 N–H and O–H groups in total. The number of unbranched alkanes of at least 4 members (excludes halogenated alkanes) is 1.